The smallest absolute Gasteiger partial charge is 0.278 e. The predicted octanol–water partition coefficient (Wildman–Crippen LogP) is -0.773. The van der Waals surface area contributed by atoms with Gasteiger partial charge in [-0.05, 0) is 6.92 Å². The Morgan fingerprint density at radius 1 is 1.64 bits per heavy atom. The van der Waals surface area contributed by atoms with Crippen molar-refractivity contribution in [1.29, 1.82) is 0 Å². The number of hydrogen-bond acceptors (Lipinski definition) is 5. The summed E-state index contributed by atoms with van der Waals surface area (Å²) in [4.78, 5) is 23.5. The van der Waals surface area contributed by atoms with Crippen molar-refractivity contribution in [2.45, 2.75) is 6.92 Å². The van der Waals surface area contributed by atoms with Crippen molar-refractivity contribution in [2.24, 2.45) is 0 Å². The van der Waals surface area contributed by atoms with Crippen LogP contribution in [0.1, 0.15) is 6.92 Å². The number of nitrogens with one attached hydrogen (secondary N) is 2. The van der Waals surface area contributed by atoms with Crippen molar-refractivity contribution in [2.75, 3.05) is 12.3 Å². The molecule has 0 spiro atoms. The molecule has 0 amide bonds. The van der Waals surface area contributed by atoms with E-state index in [1.807, 2.05) is 0 Å². The summed E-state index contributed by atoms with van der Waals surface area (Å²) in [5.74, 6) is 0.0783. The highest BCUT2D eigenvalue weighted by Crippen LogP contribution is 1.98. The van der Waals surface area contributed by atoms with Gasteiger partial charge in [0.15, 0.2) is 11.2 Å². The average Bonchev–Trinajstić information content (AvgIpc) is 2.53. The third-order valence-corrected chi connectivity index (χ3v) is 1.31. The molecule has 0 unspecified atom stereocenters. The van der Waals surface area contributed by atoms with Crippen molar-refractivity contribution in [1.82, 2.24) is 19.9 Å². The zero-order valence-electron chi connectivity index (χ0n) is 7.61. The van der Waals surface area contributed by atoms with Crippen molar-refractivity contribution < 1.29 is 5.11 Å². The minimum atomic E-state index is -0.301. The molecule has 0 aliphatic carbocycles. The second kappa shape index (κ2) is 4.38. The van der Waals surface area contributed by atoms with Crippen LogP contribution in [0.25, 0.3) is 11.2 Å². The van der Waals surface area contributed by atoms with Gasteiger partial charge in [0.25, 0.3) is 5.56 Å². The van der Waals surface area contributed by atoms with Gasteiger partial charge in [-0.15, -0.1) is 0 Å². The summed E-state index contributed by atoms with van der Waals surface area (Å²) in [6, 6.07) is 0. The zero-order valence-corrected chi connectivity index (χ0v) is 7.61. The number of aliphatic hydroxyl groups is 1. The molecule has 0 saturated heterocycles. The molecule has 0 radical (unpaired) electrons. The minimum Gasteiger partial charge on any atom is -0.397 e. The minimum absolute atomic E-state index is 0.0783. The lowest BCUT2D eigenvalue weighted by molar-refractivity contribution is 0.318. The number of aliphatic hydroxyl groups excluding tert-OH is 1. The second-order valence-electron chi connectivity index (χ2n) is 2.37. The fraction of sp³-hybridized carbons (Fsp3) is 0.286. The molecule has 0 aliphatic rings. The van der Waals surface area contributed by atoms with E-state index in [-0.39, 0.29) is 18.1 Å². The average molecular weight is 197 g/mol. The number of imidazole rings is 1. The number of H-pyrrole nitrogens is 2. The van der Waals surface area contributed by atoms with Gasteiger partial charge in [0.05, 0.1) is 6.33 Å². The molecule has 2 aromatic heterocycles. The highest BCUT2D eigenvalue weighted by molar-refractivity contribution is 5.69. The van der Waals surface area contributed by atoms with Gasteiger partial charge in [-0.2, -0.15) is 4.98 Å². The van der Waals surface area contributed by atoms with Crippen molar-refractivity contribution >= 4 is 17.1 Å². The lowest BCUT2D eigenvalue weighted by Crippen LogP contribution is -2.10. The Morgan fingerprint density at radius 2 is 2.29 bits per heavy atom. The molecule has 2 aromatic rings. The summed E-state index contributed by atoms with van der Waals surface area (Å²) < 4.78 is 0. The number of anilines is 1. The number of aromatic nitrogens is 4. The Hall–Kier alpha value is -1.89. The number of aromatic amines is 2. The first-order valence-corrected chi connectivity index (χ1v) is 3.98. The van der Waals surface area contributed by atoms with E-state index in [9.17, 15) is 4.79 Å². The molecule has 0 aromatic carbocycles. The number of fused-ring (bicyclic) bond motifs is 1. The topological polar surface area (TPSA) is 121 Å². The standard InChI is InChI=1S/C5H5N5O.C2H6O/c6-5-9-3-2(4(11)10-5)7-1-8-3;1-2-3/h1H,(H4,6,7,8,9,10,11);3H,2H2,1H3. The van der Waals surface area contributed by atoms with E-state index < -0.39 is 0 Å². The maximum absolute atomic E-state index is 11.0. The van der Waals surface area contributed by atoms with Crippen LogP contribution in [-0.2, 0) is 0 Å². The summed E-state index contributed by atoms with van der Waals surface area (Å²) >= 11 is 0. The quantitative estimate of drug-likeness (QED) is 0.441. The Labute approximate surface area is 79.0 Å². The molecule has 5 N–H and O–H groups in total. The number of nitrogens with zero attached hydrogens (tertiary/aromatic N) is 2. The van der Waals surface area contributed by atoms with Gasteiger partial charge in [0.2, 0.25) is 5.95 Å². The zero-order chi connectivity index (χ0) is 10.6. The fourth-order valence-corrected chi connectivity index (χ4v) is 0.860. The van der Waals surface area contributed by atoms with E-state index in [1.165, 1.54) is 6.33 Å². The van der Waals surface area contributed by atoms with Gasteiger partial charge < -0.3 is 15.8 Å². The van der Waals surface area contributed by atoms with Crippen molar-refractivity contribution in [3.8, 4) is 0 Å². The Balaban J connectivity index is 0.000000293. The van der Waals surface area contributed by atoms with Gasteiger partial charge >= 0.3 is 0 Å². The van der Waals surface area contributed by atoms with Crippen LogP contribution < -0.4 is 11.3 Å². The van der Waals surface area contributed by atoms with Crippen LogP contribution in [0.5, 0.6) is 0 Å². The SMILES string of the molecule is CCO.Nc1nc2nc[nH]c2c(=O)[nH]1. The van der Waals surface area contributed by atoms with Crippen LogP contribution in [0, 0.1) is 0 Å². The summed E-state index contributed by atoms with van der Waals surface area (Å²) in [6.07, 6.45) is 1.40. The third kappa shape index (κ3) is 2.07. The normalized spacial score (nSPS) is 9.57. The molecular formula is C7H11N5O2. The predicted molar refractivity (Wildman–Crippen MR) is 51.7 cm³/mol. The summed E-state index contributed by atoms with van der Waals surface area (Å²) in [5.41, 5.74) is 5.65. The molecule has 76 valence electrons. The largest absolute Gasteiger partial charge is 0.397 e. The van der Waals surface area contributed by atoms with E-state index in [0.29, 0.717) is 11.2 Å². The Morgan fingerprint density at radius 3 is 2.93 bits per heavy atom. The molecule has 0 aliphatic heterocycles. The first kappa shape index (κ1) is 10.2. The Kier molecular flexibility index (Phi) is 3.19. The molecule has 0 atom stereocenters. The molecule has 14 heavy (non-hydrogen) atoms. The van der Waals surface area contributed by atoms with Crippen LogP contribution >= 0.6 is 0 Å². The van der Waals surface area contributed by atoms with Gasteiger partial charge in [0.1, 0.15) is 0 Å². The Bertz CT molecular complexity index is 460. The number of hydrogen-bond donors (Lipinski definition) is 4. The van der Waals surface area contributed by atoms with Gasteiger partial charge in [-0.25, -0.2) is 4.98 Å². The first-order chi connectivity index (χ1) is 6.69. The van der Waals surface area contributed by atoms with Gasteiger partial charge in [-0.3, -0.25) is 9.78 Å². The van der Waals surface area contributed by atoms with Gasteiger partial charge in [0, 0.05) is 6.61 Å². The van der Waals surface area contributed by atoms with E-state index in [2.05, 4.69) is 19.9 Å². The van der Waals surface area contributed by atoms with Crippen LogP contribution in [0.4, 0.5) is 5.95 Å². The number of nitrogens with two attached hydrogens (primary N) is 1. The highest BCUT2D eigenvalue weighted by Gasteiger charge is 2.01. The van der Waals surface area contributed by atoms with Crippen LogP contribution in [-0.4, -0.2) is 31.6 Å². The molecule has 0 bridgehead atoms. The van der Waals surface area contributed by atoms with Crippen LogP contribution in [0.3, 0.4) is 0 Å². The second-order valence-corrected chi connectivity index (χ2v) is 2.37. The summed E-state index contributed by atoms with van der Waals surface area (Å²) in [5, 5.41) is 7.57. The molecular weight excluding hydrogens is 186 g/mol. The van der Waals surface area contributed by atoms with E-state index in [4.69, 9.17) is 10.8 Å². The molecule has 2 rings (SSSR count). The maximum Gasteiger partial charge on any atom is 0.278 e. The lowest BCUT2D eigenvalue weighted by Gasteiger charge is -1.89. The van der Waals surface area contributed by atoms with Crippen LogP contribution in [0.15, 0.2) is 11.1 Å². The molecule has 2 heterocycles. The van der Waals surface area contributed by atoms with Gasteiger partial charge in [-0.1, -0.05) is 0 Å². The van der Waals surface area contributed by atoms with E-state index >= 15 is 0 Å². The third-order valence-electron chi connectivity index (χ3n) is 1.31. The van der Waals surface area contributed by atoms with Crippen molar-refractivity contribution in [3.63, 3.8) is 0 Å². The van der Waals surface area contributed by atoms with E-state index in [0.717, 1.165) is 0 Å². The number of nitrogen functional groups attached to an aromatic ring is 1. The monoisotopic (exact) mass is 197 g/mol. The lowest BCUT2D eigenvalue weighted by atomic mass is 10.5. The summed E-state index contributed by atoms with van der Waals surface area (Å²) in [7, 11) is 0. The molecule has 0 fully saturated rings. The first-order valence-electron chi connectivity index (χ1n) is 3.98. The van der Waals surface area contributed by atoms with Crippen molar-refractivity contribution in [3.05, 3.63) is 16.7 Å². The molecule has 7 heteroatoms. The van der Waals surface area contributed by atoms with E-state index in [1.54, 1.807) is 6.92 Å². The maximum atomic E-state index is 11.0. The molecule has 7 nitrogen and oxygen atoms in total. The fourth-order valence-electron chi connectivity index (χ4n) is 0.860. The molecule has 0 saturated carbocycles. The number of rotatable bonds is 0. The van der Waals surface area contributed by atoms with Crippen LogP contribution in [0.2, 0.25) is 0 Å². The highest BCUT2D eigenvalue weighted by atomic mass is 16.2. The summed E-state index contributed by atoms with van der Waals surface area (Å²) in [6.45, 7) is 1.93.